The zero-order valence-corrected chi connectivity index (χ0v) is 17.9. The number of amides is 1. The Morgan fingerprint density at radius 2 is 1.87 bits per heavy atom. The van der Waals surface area contributed by atoms with Gasteiger partial charge in [-0.25, -0.2) is 0 Å². The second-order valence-electron chi connectivity index (χ2n) is 6.68. The van der Waals surface area contributed by atoms with Crippen molar-refractivity contribution in [3.63, 3.8) is 0 Å². The van der Waals surface area contributed by atoms with Crippen molar-refractivity contribution >= 4 is 63.6 Å². The zero-order valence-electron chi connectivity index (χ0n) is 15.5. The average Bonchev–Trinajstić information content (AvgIpc) is 3.51. The highest BCUT2D eigenvalue weighted by atomic mass is 35.5. The Hall–Kier alpha value is -2.81. The van der Waals surface area contributed by atoms with Gasteiger partial charge in [0.25, 0.3) is 5.91 Å². The molecule has 1 aliphatic carbocycles. The van der Waals surface area contributed by atoms with Crippen LogP contribution in [0.5, 0.6) is 0 Å². The lowest BCUT2D eigenvalue weighted by atomic mass is 10.2. The Balaban J connectivity index is 1.52. The molecule has 3 N–H and O–H groups in total. The van der Waals surface area contributed by atoms with Crippen LogP contribution in [0.3, 0.4) is 0 Å². The third-order valence-corrected chi connectivity index (χ3v) is 5.36. The van der Waals surface area contributed by atoms with Gasteiger partial charge in [0.2, 0.25) is 0 Å². The maximum atomic E-state index is 12.3. The minimum absolute atomic E-state index is 0.115. The lowest BCUT2D eigenvalue weighted by Gasteiger charge is -2.08. The van der Waals surface area contributed by atoms with Crippen LogP contribution in [0.1, 0.15) is 34.8 Å². The van der Waals surface area contributed by atoms with Gasteiger partial charge >= 0.3 is 0 Å². The number of hydrogen-bond acceptors (Lipinski definition) is 5. The molecular weight excluding hydrogens is 443 g/mol. The maximum Gasteiger partial charge on any atom is 0.257 e. The molecule has 1 aromatic heterocycles. The number of thiocarbonyl (C=S) groups is 1. The number of H-pyrrole nitrogens is 1. The lowest BCUT2D eigenvalue weighted by Crippen LogP contribution is -2.34. The van der Waals surface area contributed by atoms with Crippen LogP contribution >= 0.6 is 35.4 Å². The first-order chi connectivity index (χ1) is 14.5. The number of hydrogen-bond donors (Lipinski definition) is 3. The normalized spacial score (nSPS) is 13.4. The highest BCUT2D eigenvalue weighted by molar-refractivity contribution is 7.80. The predicted molar refractivity (Wildman–Crippen MR) is 121 cm³/mol. The molecule has 3 aromatic rings. The van der Waals surface area contributed by atoms with E-state index in [2.05, 4.69) is 31.1 Å². The number of azo groups is 1. The summed E-state index contributed by atoms with van der Waals surface area (Å²) in [6.07, 6.45) is 2.10. The van der Waals surface area contributed by atoms with E-state index < -0.39 is 0 Å². The van der Waals surface area contributed by atoms with Gasteiger partial charge in [-0.3, -0.25) is 15.2 Å². The molecule has 1 fully saturated rings. The molecular formula is C20H16Cl2N6OS. The van der Waals surface area contributed by atoms with Crippen molar-refractivity contribution in [1.82, 2.24) is 15.5 Å². The fourth-order valence-electron chi connectivity index (χ4n) is 2.75. The van der Waals surface area contributed by atoms with E-state index in [1.54, 1.807) is 42.5 Å². The fourth-order valence-corrected chi connectivity index (χ4v) is 3.23. The molecule has 1 heterocycles. The van der Waals surface area contributed by atoms with Gasteiger partial charge in [-0.2, -0.15) is 10.2 Å². The van der Waals surface area contributed by atoms with Crippen molar-refractivity contribution in [3.05, 3.63) is 69.8 Å². The van der Waals surface area contributed by atoms with Crippen molar-refractivity contribution < 1.29 is 4.79 Å². The third-order valence-electron chi connectivity index (χ3n) is 4.42. The first-order valence-corrected chi connectivity index (χ1v) is 10.3. The van der Waals surface area contributed by atoms with Gasteiger partial charge in [-0.1, -0.05) is 41.4 Å². The first kappa shape index (κ1) is 20.5. The van der Waals surface area contributed by atoms with E-state index in [1.165, 1.54) is 0 Å². The highest BCUT2D eigenvalue weighted by Crippen LogP contribution is 2.46. The summed E-state index contributed by atoms with van der Waals surface area (Å²) in [7, 11) is 0. The molecule has 30 heavy (non-hydrogen) atoms. The first-order valence-electron chi connectivity index (χ1n) is 9.13. The fraction of sp³-hybridized carbons (Fsp3) is 0.150. The van der Waals surface area contributed by atoms with Gasteiger partial charge in [0, 0.05) is 11.5 Å². The summed E-state index contributed by atoms with van der Waals surface area (Å²) in [6, 6.07) is 13.8. The van der Waals surface area contributed by atoms with Crippen molar-refractivity contribution in [2.24, 2.45) is 10.2 Å². The van der Waals surface area contributed by atoms with E-state index in [-0.39, 0.29) is 11.0 Å². The van der Waals surface area contributed by atoms with Crippen LogP contribution in [-0.2, 0) is 0 Å². The third kappa shape index (κ3) is 4.84. The van der Waals surface area contributed by atoms with Gasteiger partial charge in [0.1, 0.15) is 0 Å². The summed E-state index contributed by atoms with van der Waals surface area (Å²) in [5.74, 6) is 0.424. The standard InChI is InChI=1S/C20H16Cl2N6OS/c21-14-9-8-13(10-15(14)22)25-27-17-16(11-6-7-11)26-28-18(17)23-20(30)24-19(29)12-4-2-1-3-5-12/h1-5,8-11H,6-7H2,(H3,23,24,26,28,29,30). The Morgan fingerprint density at radius 1 is 1.10 bits per heavy atom. The summed E-state index contributed by atoms with van der Waals surface area (Å²) in [4.78, 5) is 12.3. The Bertz CT molecular complexity index is 1130. The number of carbonyl (C=O) groups is 1. The van der Waals surface area contributed by atoms with Crippen LogP contribution in [0, 0.1) is 0 Å². The summed E-state index contributed by atoms with van der Waals surface area (Å²) in [6.45, 7) is 0. The van der Waals surface area contributed by atoms with Crippen molar-refractivity contribution in [1.29, 1.82) is 0 Å². The Kier molecular flexibility index (Phi) is 6.08. The minimum Gasteiger partial charge on any atom is -0.314 e. The molecule has 0 atom stereocenters. The van der Waals surface area contributed by atoms with Crippen LogP contribution in [0.15, 0.2) is 58.8 Å². The molecule has 152 valence electrons. The van der Waals surface area contributed by atoms with Crippen LogP contribution in [-0.4, -0.2) is 21.2 Å². The Labute approximate surface area is 187 Å². The van der Waals surface area contributed by atoms with Gasteiger partial charge in [0.15, 0.2) is 16.6 Å². The van der Waals surface area contributed by atoms with Crippen LogP contribution < -0.4 is 10.6 Å². The molecule has 1 aliphatic rings. The summed E-state index contributed by atoms with van der Waals surface area (Å²) >= 11 is 17.3. The molecule has 0 unspecified atom stereocenters. The molecule has 0 spiro atoms. The van der Waals surface area contributed by atoms with E-state index >= 15 is 0 Å². The molecule has 4 rings (SSSR count). The largest absolute Gasteiger partial charge is 0.314 e. The van der Waals surface area contributed by atoms with Gasteiger partial charge in [-0.15, -0.1) is 5.11 Å². The van der Waals surface area contributed by atoms with E-state index in [1.807, 2.05) is 6.07 Å². The number of aromatic nitrogens is 2. The van der Waals surface area contributed by atoms with Gasteiger partial charge in [-0.05, 0) is 55.4 Å². The number of benzene rings is 2. The Morgan fingerprint density at radius 3 is 2.57 bits per heavy atom. The van der Waals surface area contributed by atoms with E-state index in [9.17, 15) is 4.79 Å². The summed E-state index contributed by atoms with van der Waals surface area (Å²) in [5, 5.41) is 22.4. The monoisotopic (exact) mass is 458 g/mol. The molecule has 7 nitrogen and oxygen atoms in total. The second-order valence-corrected chi connectivity index (χ2v) is 7.90. The molecule has 10 heteroatoms. The molecule has 1 amide bonds. The molecule has 2 aromatic carbocycles. The molecule has 0 radical (unpaired) electrons. The van der Waals surface area contributed by atoms with Crippen molar-refractivity contribution in [2.75, 3.05) is 5.32 Å². The average molecular weight is 459 g/mol. The van der Waals surface area contributed by atoms with Gasteiger partial charge in [0.05, 0.1) is 21.4 Å². The topological polar surface area (TPSA) is 94.5 Å². The zero-order chi connectivity index (χ0) is 21.1. The molecule has 1 saturated carbocycles. The lowest BCUT2D eigenvalue weighted by molar-refractivity contribution is 0.0977. The van der Waals surface area contributed by atoms with E-state index in [4.69, 9.17) is 35.4 Å². The van der Waals surface area contributed by atoms with Crippen LogP contribution in [0.4, 0.5) is 17.2 Å². The SMILES string of the molecule is O=C(NC(=S)Nc1n[nH]c(C2CC2)c1N=Nc1ccc(Cl)c(Cl)c1)c1ccccc1. The number of rotatable bonds is 5. The minimum atomic E-state index is -0.315. The quantitative estimate of drug-likeness (QED) is 0.316. The number of carbonyl (C=O) groups excluding carboxylic acids is 1. The molecule has 0 aliphatic heterocycles. The van der Waals surface area contributed by atoms with E-state index in [0.29, 0.717) is 38.7 Å². The maximum absolute atomic E-state index is 12.3. The van der Waals surface area contributed by atoms with Crippen molar-refractivity contribution in [3.8, 4) is 0 Å². The number of nitrogens with zero attached hydrogens (tertiary/aromatic N) is 3. The van der Waals surface area contributed by atoms with Crippen LogP contribution in [0.2, 0.25) is 10.0 Å². The summed E-state index contributed by atoms with van der Waals surface area (Å²) in [5.41, 5.74) is 2.47. The second kappa shape index (κ2) is 8.91. The van der Waals surface area contributed by atoms with E-state index in [0.717, 1.165) is 18.5 Å². The highest BCUT2D eigenvalue weighted by Gasteiger charge is 2.30. The molecule has 0 saturated heterocycles. The van der Waals surface area contributed by atoms with Gasteiger partial charge < -0.3 is 5.32 Å². The van der Waals surface area contributed by atoms with Crippen molar-refractivity contribution in [2.45, 2.75) is 18.8 Å². The smallest absolute Gasteiger partial charge is 0.257 e. The predicted octanol–water partition coefficient (Wildman–Crippen LogP) is 6.14. The number of anilines is 1. The number of aromatic amines is 1. The molecule has 0 bridgehead atoms. The number of halogens is 2. The van der Waals surface area contributed by atoms with Crippen LogP contribution in [0.25, 0.3) is 0 Å². The number of nitrogens with one attached hydrogen (secondary N) is 3. The summed E-state index contributed by atoms with van der Waals surface area (Å²) < 4.78 is 0.